The lowest BCUT2D eigenvalue weighted by Gasteiger charge is -2.09. The first kappa shape index (κ1) is 20.3. The van der Waals surface area contributed by atoms with Crippen LogP contribution in [-0.4, -0.2) is 29.5 Å². The molecule has 0 saturated heterocycles. The van der Waals surface area contributed by atoms with E-state index in [0.717, 1.165) is 23.6 Å². The van der Waals surface area contributed by atoms with E-state index in [1.165, 1.54) is 12.3 Å². The highest BCUT2D eigenvalue weighted by Gasteiger charge is 2.41. The topological polar surface area (TPSA) is 109 Å². The number of alkyl halides is 3. The van der Waals surface area contributed by atoms with Crippen molar-refractivity contribution in [3.05, 3.63) is 92.6 Å². The summed E-state index contributed by atoms with van der Waals surface area (Å²) in [7, 11) is 0. The molecule has 4 aromatic heterocycles. The average Bonchev–Trinajstić information content (AvgIpc) is 3.45. The minimum atomic E-state index is -4.49. The highest BCUT2D eigenvalue weighted by atomic mass is 19.4. The van der Waals surface area contributed by atoms with E-state index in [2.05, 4.69) is 25.0 Å². The number of imidazole rings is 1. The van der Waals surface area contributed by atoms with Gasteiger partial charge < -0.3 is 4.98 Å². The Labute approximate surface area is 188 Å². The van der Waals surface area contributed by atoms with Crippen LogP contribution in [0.1, 0.15) is 35.1 Å². The quantitative estimate of drug-likeness (QED) is 0.424. The number of aromatic amines is 2. The highest BCUT2D eigenvalue weighted by Crippen LogP contribution is 2.56. The number of benzene rings is 1. The molecule has 0 aliphatic heterocycles. The van der Waals surface area contributed by atoms with Gasteiger partial charge in [0.15, 0.2) is 5.65 Å². The van der Waals surface area contributed by atoms with Crippen molar-refractivity contribution in [3.8, 4) is 11.3 Å². The second kappa shape index (κ2) is 7.11. The lowest BCUT2D eigenvalue weighted by molar-refractivity contribution is -0.140. The number of aromatic nitrogens is 6. The van der Waals surface area contributed by atoms with Crippen LogP contribution in [0.25, 0.3) is 27.8 Å². The number of hydrogen-bond donors (Lipinski definition) is 2. The van der Waals surface area contributed by atoms with E-state index in [4.69, 9.17) is 0 Å². The molecule has 170 valence electrons. The molecule has 1 aromatic carbocycles. The summed E-state index contributed by atoms with van der Waals surface area (Å²) < 4.78 is 40.5. The van der Waals surface area contributed by atoms with Gasteiger partial charge in [-0.05, 0) is 48.1 Å². The zero-order valence-corrected chi connectivity index (χ0v) is 17.3. The zero-order chi connectivity index (χ0) is 23.6. The molecular formula is C23H15F3N6O2. The molecule has 11 heteroatoms. The molecule has 34 heavy (non-hydrogen) atoms. The Morgan fingerprint density at radius 3 is 2.71 bits per heavy atom. The van der Waals surface area contributed by atoms with Gasteiger partial charge in [0.25, 0.3) is 5.56 Å². The molecule has 5 aromatic rings. The van der Waals surface area contributed by atoms with Crippen LogP contribution in [0, 0.1) is 0 Å². The molecule has 1 saturated carbocycles. The molecule has 0 amide bonds. The molecule has 2 N–H and O–H groups in total. The van der Waals surface area contributed by atoms with Gasteiger partial charge in [0.2, 0.25) is 0 Å². The molecule has 0 spiro atoms. The van der Waals surface area contributed by atoms with Crippen LogP contribution in [0.2, 0.25) is 0 Å². The fraction of sp³-hybridized carbons (Fsp3) is 0.174. The van der Waals surface area contributed by atoms with Crippen LogP contribution >= 0.6 is 0 Å². The summed E-state index contributed by atoms with van der Waals surface area (Å²) in [5.74, 6) is 0.227. The minimum absolute atomic E-state index is 0.0911. The fourth-order valence-corrected chi connectivity index (χ4v) is 4.39. The second-order valence-electron chi connectivity index (χ2n) is 8.26. The molecule has 1 aliphatic rings. The molecule has 6 rings (SSSR count). The normalized spacial score (nSPS) is 18.0. The number of pyridine rings is 1. The van der Waals surface area contributed by atoms with Gasteiger partial charge >= 0.3 is 11.9 Å². The van der Waals surface area contributed by atoms with Crippen molar-refractivity contribution < 1.29 is 13.2 Å². The maximum absolute atomic E-state index is 13.0. The largest absolute Gasteiger partial charge is 0.433 e. The van der Waals surface area contributed by atoms with E-state index in [1.807, 2.05) is 6.07 Å². The van der Waals surface area contributed by atoms with Crippen LogP contribution in [0.5, 0.6) is 0 Å². The van der Waals surface area contributed by atoms with Gasteiger partial charge in [0, 0.05) is 29.5 Å². The third-order valence-corrected chi connectivity index (χ3v) is 6.10. The molecule has 0 radical (unpaired) electrons. The Kier molecular flexibility index (Phi) is 4.25. The van der Waals surface area contributed by atoms with Gasteiger partial charge in [-0.15, -0.1) is 0 Å². The van der Waals surface area contributed by atoms with E-state index >= 15 is 0 Å². The summed E-state index contributed by atoms with van der Waals surface area (Å²) in [6.07, 6.45) is 0.944. The molecule has 2 atom stereocenters. The lowest BCUT2D eigenvalue weighted by atomic mass is 10.0. The van der Waals surface area contributed by atoms with E-state index in [1.54, 1.807) is 35.1 Å². The van der Waals surface area contributed by atoms with Crippen LogP contribution in [0.3, 0.4) is 0 Å². The van der Waals surface area contributed by atoms with Crippen molar-refractivity contribution in [2.75, 3.05) is 0 Å². The van der Waals surface area contributed by atoms with Crippen molar-refractivity contribution in [2.45, 2.75) is 24.4 Å². The molecule has 8 nitrogen and oxygen atoms in total. The molecule has 0 unspecified atom stereocenters. The number of H-pyrrole nitrogens is 2. The van der Waals surface area contributed by atoms with Crippen molar-refractivity contribution in [3.63, 3.8) is 0 Å². The van der Waals surface area contributed by atoms with Gasteiger partial charge in [-0.25, -0.2) is 19.3 Å². The number of nitrogens with zero attached hydrogens (tertiary/aromatic N) is 4. The van der Waals surface area contributed by atoms with E-state index in [-0.39, 0.29) is 22.9 Å². The van der Waals surface area contributed by atoms with Gasteiger partial charge in [-0.1, -0.05) is 12.1 Å². The SMILES string of the molecule is O=c1[nH]cc(-c2cc([C@H]3C[C@@H]3c3ccc4nc(C(F)(F)F)ccc4c3)c3nccn3n2)c(=O)[nH]1. The monoisotopic (exact) mass is 464 g/mol. The van der Waals surface area contributed by atoms with Crippen molar-refractivity contribution in [1.82, 2.24) is 29.5 Å². The molecule has 0 bridgehead atoms. The number of nitrogens with one attached hydrogen (secondary N) is 2. The van der Waals surface area contributed by atoms with Crippen molar-refractivity contribution >= 4 is 16.6 Å². The minimum Gasteiger partial charge on any atom is -0.313 e. The van der Waals surface area contributed by atoms with Gasteiger partial charge in [-0.3, -0.25) is 9.78 Å². The van der Waals surface area contributed by atoms with Crippen LogP contribution in [0.15, 0.2) is 64.6 Å². The summed E-state index contributed by atoms with van der Waals surface area (Å²) >= 11 is 0. The summed E-state index contributed by atoms with van der Waals surface area (Å²) in [6, 6.07) is 9.50. The number of fused-ring (bicyclic) bond motifs is 2. The van der Waals surface area contributed by atoms with Gasteiger partial charge in [0.1, 0.15) is 5.69 Å². The Bertz CT molecular complexity index is 1700. The van der Waals surface area contributed by atoms with Gasteiger partial charge in [0.05, 0.1) is 16.8 Å². The summed E-state index contributed by atoms with van der Waals surface area (Å²) in [6.45, 7) is 0. The first-order valence-corrected chi connectivity index (χ1v) is 10.4. The van der Waals surface area contributed by atoms with Crippen molar-refractivity contribution in [2.24, 2.45) is 0 Å². The van der Waals surface area contributed by atoms with Crippen molar-refractivity contribution in [1.29, 1.82) is 0 Å². The Hall–Kier alpha value is -4.28. The fourth-order valence-electron chi connectivity index (χ4n) is 4.39. The summed E-state index contributed by atoms with van der Waals surface area (Å²) in [4.78, 5) is 36.5. The third kappa shape index (κ3) is 3.36. The predicted octanol–water partition coefficient (Wildman–Crippen LogP) is 3.61. The number of halogens is 3. The summed E-state index contributed by atoms with van der Waals surface area (Å²) in [5, 5.41) is 5.08. The van der Waals surface area contributed by atoms with E-state index < -0.39 is 23.1 Å². The molecule has 1 aliphatic carbocycles. The molecule has 4 heterocycles. The predicted molar refractivity (Wildman–Crippen MR) is 117 cm³/mol. The first-order chi connectivity index (χ1) is 16.3. The standard InChI is InChI=1S/C23H15F3N6O2/c24-23(25,26)19-4-2-12-7-11(1-3-17(12)29-19)13-8-14(13)15-9-18(31-32-6-5-27-20(15)32)16-10-28-22(34)30-21(16)33/h1-7,9-10,13-14H,8H2,(H2,28,30,33,34)/t13-,14+/m1/s1. The first-order valence-electron chi connectivity index (χ1n) is 10.4. The highest BCUT2D eigenvalue weighted by molar-refractivity contribution is 5.80. The number of hydrogen-bond acceptors (Lipinski definition) is 5. The van der Waals surface area contributed by atoms with Crippen LogP contribution in [0.4, 0.5) is 13.2 Å². The average molecular weight is 464 g/mol. The van der Waals surface area contributed by atoms with E-state index in [9.17, 15) is 22.8 Å². The second-order valence-corrected chi connectivity index (χ2v) is 8.26. The number of rotatable bonds is 3. The maximum Gasteiger partial charge on any atom is 0.433 e. The molecule has 1 fully saturated rings. The zero-order valence-electron chi connectivity index (χ0n) is 17.3. The maximum atomic E-state index is 13.0. The van der Waals surface area contributed by atoms with Crippen LogP contribution < -0.4 is 11.2 Å². The van der Waals surface area contributed by atoms with Crippen LogP contribution in [-0.2, 0) is 6.18 Å². The third-order valence-electron chi connectivity index (χ3n) is 6.10. The smallest absolute Gasteiger partial charge is 0.313 e. The Balaban J connectivity index is 1.38. The lowest BCUT2D eigenvalue weighted by Crippen LogP contribution is -2.23. The summed E-state index contributed by atoms with van der Waals surface area (Å²) in [5.41, 5.74) is 1.39. The van der Waals surface area contributed by atoms with Gasteiger partial charge in [-0.2, -0.15) is 18.3 Å². The Morgan fingerprint density at radius 1 is 1.06 bits per heavy atom. The van der Waals surface area contributed by atoms with E-state index in [0.29, 0.717) is 16.7 Å². The Morgan fingerprint density at radius 2 is 1.91 bits per heavy atom. The molecular weight excluding hydrogens is 449 g/mol.